The summed E-state index contributed by atoms with van der Waals surface area (Å²) in [7, 11) is 3.90. The Hall–Kier alpha value is -1.69. The molecule has 2 heterocycles. The first-order valence-corrected chi connectivity index (χ1v) is 6.92. The van der Waals surface area contributed by atoms with E-state index in [1.807, 2.05) is 32.0 Å². The number of amides is 1. The number of carbonyl (C=O) groups excluding carboxylic acids is 1. The first kappa shape index (κ1) is 14.7. The van der Waals surface area contributed by atoms with Crippen molar-refractivity contribution in [3.63, 3.8) is 0 Å². The molecule has 0 aromatic carbocycles. The Kier molecular flexibility index (Phi) is 4.54. The maximum atomic E-state index is 11.6. The van der Waals surface area contributed by atoms with Gasteiger partial charge in [-0.2, -0.15) is 0 Å². The zero-order valence-corrected chi connectivity index (χ0v) is 12.3. The van der Waals surface area contributed by atoms with E-state index < -0.39 is 6.61 Å². The Labute approximate surface area is 119 Å². The summed E-state index contributed by atoms with van der Waals surface area (Å²) in [5.74, 6) is 1.66. The predicted octanol–water partition coefficient (Wildman–Crippen LogP) is 0.549. The molecule has 1 aliphatic heterocycles. The van der Waals surface area contributed by atoms with Gasteiger partial charge >= 0.3 is 0 Å². The van der Waals surface area contributed by atoms with Gasteiger partial charge in [0.1, 0.15) is 18.2 Å². The maximum absolute atomic E-state index is 11.6. The average Bonchev–Trinajstić information content (AvgIpc) is 2.45. The van der Waals surface area contributed by atoms with E-state index >= 15 is 0 Å². The third-order valence-electron chi connectivity index (χ3n) is 3.63. The topological polar surface area (TPSA) is 69.6 Å². The number of anilines is 1. The lowest BCUT2D eigenvalue weighted by atomic mass is 9.94. The van der Waals surface area contributed by atoms with Crippen molar-refractivity contribution in [2.45, 2.75) is 25.7 Å². The van der Waals surface area contributed by atoms with E-state index in [0.29, 0.717) is 6.54 Å². The van der Waals surface area contributed by atoms with Crippen LogP contribution in [0.4, 0.5) is 5.82 Å². The number of aromatic nitrogens is 2. The van der Waals surface area contributed by atoms with E-state index in [0.717, 1.165) is 36.7 Å². The number of rotatable bonds is 3. The molecule has 0 saturated carbocycles. The summed E-state index contributed by atoms with van der Waals surface area (Å²) >= 11 is 0. The van der Waals surface area contributed by atoms with Gasteiger partial charge < -0.3 is 14.9 Å². The molecule has 110 valence electrons. The molecule has 20 heavy (non-hydrogen) atoms. The number of aliphatic hydroxyl groups is 1. The summed E-state index contributed by atoms with van der Waals surface area (Å²) in [5.41, 5.74) is 0.983. The van der Waals surface area contributed by atoms with Gasteiger partial charge in [0.05, 0.1) is 5.69 Å². The summed E-state index contributed by atoms with van der Waals surface area (Å²) in [6.45, 7) is 2.82. The fourth-order valence-corrected chi connectivity index (χ4v) is 2.56. The van der Waals surface area contributed by atoms with Gasteiger partial charge in [-0.25, -0.2) is 9.97 Å². The molecule has 0 bridgehead atoms. The number of hydrogen-bond donors (Lipinski definition) is 1. The van der Waals surface area contributed by atoms with Crippen molar-refractivity contribution in [3.05, 3.63) is 17.6 Å². The molecule has 0 spiro atoms. The molecule has 1 saturated heterocycles. The normalized spacial score (nSPS) is 19.0. The highest BCUT2D eigenvalue weighted by Crippen LogP contribution is 2.27. The van der Waals surface area contributed by atoms with Crippen molar-refractivity contribution >= 4 is 11.7 Å². The number of nitrogens with zero attached hydrogens (tertiary/aromatic N) is 4. The number of aliphatic hydroxyl groups excluding tert-OH is 1. The predicted molar refractivity (Wildman–Crippen MR) is 76.7 cm³/mol. The Morgan fingerprint density at radius 3 is 2.90 bits per heavy atom. The molecule has 1 aromatic rings. The Morgan fingerprint density at radius 2 is 2.25 bits per heavy atom. The van der Waals surface area contributed by atoms with Crippen LogP contribution >= 0.6 is 0 Å². The lowest BCUT2D eigenvalue weighted by molar-refractivity contribution is -0.135. The summed E-state index contributed by atoms with van der Waals surface area (Å²) in [5, 5.41) is 8.98. The zero-order valence-electron chi connectivity index (χ0n) is 12.3. The maximum Gasteiger partial charge on any atom is 0.248 e. The summed E-state index contributed by atoms with van der Waals surface area (Å²) < 4.78 is 0. The van der Waals surface area contributed by atoms with Crippen LogP contribution in [0.3, 0.4) is 0 Å². The van der Waals surface area contributed by atoms with Gasteiger partial charge in [-0.05, 0) is 19.8 Å². The Balaban J connectivity index is 2.20. The van der Waals surface area contributed by atoms with E-state index in [1.165, 1.54) is 0 Å². The summed E-state index contributed by atoms with van der Waals surface area (Å²) in [6, 6.07) is 1.99. The third kappa shape index (κ3) is 3.25. The highest BCUT2D eigenvalue weighted by Gasteiger charge is 2.25. The van der Waals surface area contributed by atoms with Crippen molar-refractivity contribution in [1.29, 1.82) is 0 Å². The number of likely N-dealkylation sites (tertiary alicyclic amines) is 1. The highest BCUT2D eigenvalue weighted by molar-refractivity contribution is 5.77. The molecule has 1 aromatic heterocycles. The Bertz CT molecular complexity index is 490. The molecule has 0 radical (unpaired) electrons. The van der Waals surface area contributed by atoms with Crippen LogP contribution in [0, 0.1) is 6.92 Å². The number of carbonyl (C=O) groups is 1. The minimum atomic E-state index is -0.418. The molecular formula is C14H22N4O2. The van der Waals surface area contributed by atoms with Crippen LogP contribution in [-0.2, 0) is 4.79 Å². The third-order valence-corrected chi connectivity index (χ3v) is 3.63. The van der Waals surface area contributed by atoms with Gasteiger partial charge in [-0.3, -0.25) is 4.79 Å². The number of piperidine rings is 1. The molecule has 2 rings (SSSR count). The quantitative estimate of drug-likeness (QED) is 0.874. The van der Waals surface area contributed by atoms with Gasteiger partial charge in [0.2, 0.25) is 5.91 Å². The van der Waals surface area contributed by atoms with Gasteiger partial charge in [0, 0.05) is 39.2 Å². The zero-order chi connectivity index (χ0) is 14.7. The molecule has 6 heteroatoms. The van der Waals surface area contributed by atoms with E-state index in [4.69, 9.17) is 5.11 Å². The van der Waals surface area contributed by atoms with E-state index in [2.05, 4.69) is 9.97 Å². The van der Waals surface area contributed by atoms with Gasteiger partial charge in [0.25, 0.3) is 0 Å². The van der Waals surface area contributed by atoms with Crippen LogP contribution in [0.1, 0.15) is 30.3 Å². The fourth-order valence-electron chi connectivity index (χ4n) is 2.56. The molecule has 1 fully saturated rings. The van der Waals surface area contributed by atoms with Crippen molar-refractivity contribution in [2.75, 3.05) is 38.7 Å². The van der Waals surface area contributed by atoms with Crippen molar-refractivity contribution in [2.24, 2.45) is 0 Å². The number of aryl methyl sites for hydroxylation is 1. The second-order valence-corrected chi connectivity index (χ2v) is 5.43. The van der Waals surface area contributed by atoms with Crippen LogP contribution in [0.5, 0.6) is 0 Å². The fraction of sp³-hybridized carbons (Fsp3) is 0.643. The van der Waals surface area contributed by atoms with Crippen LogP contribution in [0.15, 0.2) is 6.07 Å². The molecule has 1 atom stereocenters. The van der Waals surface area contributed by atoms with E-state index in [9.17, 15) is 4.79 Å². The van der Waals surface area contributed by atoms with E-state index in [-0.39, 0.29) is 11.8 Å². The summed E-state index contributed by atoms with van der Waals surface area (Å²) in [6.07, 6.45) is 1.95. The van der Waals surface area contributed by atoms with Crippen LogP contribution in [0.2, 0.25) is 0 Å². The van der Waals surface area contributed by atoms with Gasteiger partial charge in [0.15, 0.2) is 0 Å². The van der Waals surface area contributed by atoms with Gasteiger partial charge in [-0.1, -0.05) is 0 Å². The molecular weight excluding hydrogens is 256 g/mol. The SMILES string of the molecule is Cc1nc(C2CCCN(C(=O)CO)C2)cc(N(C)C)n1. The minimum absolute atomic E-state index is 0.201. The second kappa shape index (κ2) is 6.17. The van der Waals surface area contributed by atoms with Gasteiger partial charge in [-0.15, -0.1) is 0 Å². The lowest BCUT2D eigenvalue weighted by Gasteiger charge is -2.32. The van der Waals surface area contributed by atoms with E-state index in [1.54, 1.807) is 4.90 Å². The summed E-state index contributed by atoms with van der Waals surface area (Å²) in [4.78, 5) is 24.2. The van der Waals surface area contributed by atoms with Crippen LogP contribution < -0.4 is 4.90 Å². The molecule has 6 nitrogen and oxygen atoms in total. The van der Waals surface area contributed by atoms with Crippen molar-refractivity contribution in [3.8, 4) is 0 Å². The Morgan fingerprint density at radius 1 is 1.50 bits per heavy atom. The van der Waals surface area contributed by atoms with Crippen molar-refractivity contribution < 1.29 is 9.90 Å². The minimum Gasteiger partial charge on any atom is -0.387 e. The largest absolute Gasteiger partial charge is 0.387 e. The van der Waals surface area contributed by atoms with Crippen LogP contribution in [0.25, 0.3) is 0 Å². The molecule has 1 amide bonds. The lowest BCUT2D eigenvalue weighted by Crippen LogP contribution is -2.40. The second-order valence-electron chi connectivity index (χ2n) is 5.43. The highest BCUT2D eigenvalue weighted by atomic mass is 16.3. The molecule has 1 unspecified atom stereocenters. The first-order chi connectivity index (χ1) is 9.51. The van der Waals surface area contributed by atoms with Crippen LogP contribution in [-0.4, -0.2) is 59.7 Å². The average molecular weight is 278 g/mol. The number of hydrogen-bond acceptors (Lipinski definition) is 5. The molecule has 0 aliphatic carbocycles. The monoisotopic (exact) mass is 278 g/mol. The molecule has 1 N–H and O–H groups in total. The molecule has 1 aliphatic rings. The van der Waals surface area contributed by atoms with Crippen molar-refractivity contribution in [1.82, 2.24) is 14.9 Å². The standard InChI is InChI=1S/C14H22N4O2/c1-10-15-12(7-13(16-10)17(2)3)11-5-4-6-18(8-11)14(20)9-19/h7,11,19H,4-6,8-9H2,1-3H3. The smallest absolute Gasteiger partial charge is 0.248 e. The first-order valence-electron chi connectivity index (χ1n) is 6.92.